The smallest absolute Gasteiger partial charge is 0.246 e. The fourth-order valence-electron chi connectivity index (χ4n) is 1.81. The molecule has 1 aromatic rings. The minimum absolute atomic E-state index is 0.121. The summed E-state index contributed by atoms with van der Waals surface area (Å²) in [7, 11) is -3.52. The first-order valence-electron chi connectivity index (χ1n) is 6.28. The summed E-state index contributed by atoms with van der Waals surface area (Å²) in [5.41, 5.74) is 0. The average molecular weight is 286 g/mol. The maximum absolute atomic E-state index is 12.4. The van der Waals surface area contributed by atoms with Gasteiger partial charge in [0, 0.05) is 26.2 Å². The van der Waals surface area contributed by atoms with Crippen molar-refractivity contribution in [2.45, 2.75) is 18.2 Å². The molecule has 0 bridgehead atoms. The summed E-state index contributed by atoms with van der Waals surface area (Å²) in [6.45, 7) is 4.48. The van der Waals surface area contributed by atoms with Gasteiger partial charge in [-0.1, -0.05) is 0 Å². The number of anilines is 1. The van der Waals surface area contributed by atoms with Crippen LogP contribution in [0.4, 0.5) is 5.95 Å². The molecule has 1 saturated heterocycles. The molecule has 0 aromatic carbocycles. The van der Waals surface area contributed by atoms with Gasteiger partial charge in [0.2, 0.25) is 16.0 Å². The minimum atomic E-state index is -3.52. The van der Waals surface area contributed by atoms with Gasteiger partial charge in [-0.05, 0) is 13.3 Å². The van der Waals surface area contributed by atoms with Gasteiger partial charge in [0.25, 0.3) is 0 Å². The molecule has 1 aliphatic rings. The van der Waals surface area contributed by atoms with Crippen molar-refractivity contribution in [3.05, 3.63) is 12.4 Å². The van der Waals surface area contributed by atoms with Crippen LogP contribution in [0.1, 0.15) is 13.3 Å². The lowest BCUT2D eigenvalue weighted by Crippen LogP contribution is -2.33. The van der Waals surface area contributed by atoms with Crippen LogP contribution in [-0.4, -0.2) is 55.5 Å². The van der Waals surface area contributed by atoms with E-state index in [1.807, 2.05) is 6.92 Å². The van der Waals surface area contributed by atoms with Crippen LogP contribution in [0.3, 0.4) is 0 Å². The van der Waals surface area contributed by atoms with Gasteiger partial charge in [-0.3, -0.25) is 0 Å². The Morgan fingerprint density at radius 1 is 1.32 bits per heavy atom. The topological polar surface area (TPSA) is 84.4 Å². The van der Waals surface area contributed by atoms with Crippen molar-refractivity contribution in [3.8, 4) is 0 Å². The molecule has 0 radical (unpaired) electrons. The van der Waals surface area contributed by atoms with E-state index in [0.29, 0.717) is 45.2 Å². The van der Waals surface area contributed by atoms with Gasteiger partial charge in [-0.2, -0.15) is 4.31 Å². The third-order valence-corrected chi connectivity index (χ3v) is 4.63. The Morgan fingerprint density at radius 3 is 2.74 bits per heavy atom. The highest BCUT2D eigenvalue weighted by atomic mass is 32.2. The molecule has 0 spiro atoms. The molecule has 2 rings (SSSR count). The van der Waals surface area contributed by atoms with Crippen LogP contribution in [0.2, 0.25) is 0 Å². The SMILES string of the molecule is CCNc1ncc(S(=O)(=O)N2CCCOCC2)cn1. The van der Waals surface area contributed by atoms with Crippen molar-refractivity contribution in [2.75, 3.05) is 38.2 Å². The predicted octanol–water partition coefficient (Wildman–Crippen LogP) is 0.319. The van der Waals surface area contributed by atoms with Crippen LogP contribution in [-0.2, 0) is 14.8 Å². The van der Waals surface area contributed by atoms with Crippen molar-refractivity contribution in [2.24, 2.45) is 0 Å². The number of aromatic nitrogens is 2. The van der Waals surface area contributed by atoms with Crippen LogP contribution in [0.15, 0.2) is 17.3 Å². The molecule has 0 atom stereocenters. The maximum atomic E-state index is 12.4. The molecular formula is C11H18N4O3S. The van der Waals surface area contributed by atoms with Gasteiger partial charge in [0.05, 0.1) is 19.0 Å². The second-order valence-electron chi connectivity index (χ2n) is 4.14. The fraction of sp³-hybridized carbons (Fsp3) is 0.636. The van der Waals surface area contributed by atoms with Gasteiger partial charge >= 0.3 is 0 Å². The molecule has 0 saturated carbocycles. The van der Waals surface area contributed by atoms with Gasteiger partial charge in [-0.25, -0.2) is 18.4 Å². The summed E-state index contributed by atoms with van der Waals surface area (Å²) in [6.07, 6.45) is 3.38. The van der Waals surface area contributed by atoms with Crippen molar-refractivity contribution >= 4 is 16.0 Å². The number of nitrogens with one attached hydrogen (secondary N) is 1. The van der Waals surface area contributed by atoms with E-state index in [1.54, 1.807) is 0 Å². The Labute approximate surface area is 113 Å². The largest absolute Gasteiger partial charge is 0.380 e. The summed E-state index contributed by atoms with van der Waals surface area (Å²) in [4.78, 5) is 8.11. The van der Waals surface area contributed by atoms with E-state index in [0.717, 1.165) is 0 Å². The Kier molecular flexibility index (Phi) is 4.67. The first kappa shape index (κ1) is 14.2. The van der Waals surface area contributed by atoms with Crippen molar-refractivity contribution in [1.29, 1.82) is 0 Å². The Balaban J connectivity index is 2.18. The standard InChI is InChI=1S/C11H18N4O3S/c1-2-12-11-13-8-10(9-14-11)19(16,17)15-4-3-6-18-7-5-15/h8-9H,2-7H2,1H3,(H,12,13,14). The maximum Gasteiger partial charge on any atom is 0.246 e. The highest BCUT2D eigenvalue weighted by Crippen LogP contribution is 2.16. The van der Waals surface area contributed by atoms with Crippen LogP contribution < -0.4 is 5.32 Å². The zero-order valence-corrected chi connectivity index (χ0v) is 11.7. The molecule has 106 valence electrons. The highest BCUT2D eigenvalue weighted by Gasteiger charge is 2.25. The molecule has 0 aliphatic carbocycles. The molecule has 7 nitrogen and oxygen atoms in total. The first-order valence-corrected chi connectivity index (χ1v) is 7.72. The number of sulfonamides is 1. The van der Waals surface area contributed by atoms with E-state index in [1.165, 1.54) is 16.7 Å². The molecular weight excluding hydrogens is 268 g/mol. The second-order valence-corrected chi connectivity index (χ2v) is 6.08. The summed E-state index contributed by atoms with van der Waals surface area (Å²) >= 11 is 0. The lowest BCUT2D eigenvalue weighted by Gasteiger charge is -2.18. The molecule has 1 aromatic heterocycles. The van der Waals surface area contributed by atoms with Crippen LogP contribution in [0, 0.1) is 0 Å². The van der Waals surface area contributed by atoms with E-state index in [4.69, 9.17) is 4.74 Å². The van der Waals surface area contributed by atoms with E-state index in [2.05, 4.69) is 15.3 Å². The lowest BCUT2D eigenvalue weighted by molar-refractivity contribution is 0.148. The van der Waals surface area contributed by atoms with Crippen molar-refractivity contribution in [3.63, 3.8) is 0 Å². The number of hydrogen-bond donors (Lipinski definition) is 1. The number of rotatable bonds is 4. The summed E-state index contributed by atoms with van der Waals surface area (Å²) in [5.74, 6) is 0.431. The van der Waals surface area contributed by atoms with E-state index >= 15 is 0 Å². The van der Waals surface area contributed by atoms with E-state index in [-0.39, 0.29) is 4.90 Å². The zero-order valence-electron chi connectivity index (χ0n) is 10.9. The molecule has 0 amide bonds. The Hall–Kier alpha value is -1.25. The van der Waals surface area contributed by atoms with Gasteiger partial charge < -0.3 is 10.1 Å². The van der Waals surface area contributed by atoms with Gasteiger partial charge in [0.15, 0.2) is 0 Å². The lowest BCUT2D eigenvalue weighted by atomic mass is 10.5. The van der Waals surface area contributed by atoms with Gasteiger partial charge in [-0.15, -0.1) is 0 Å². The van der Waals surface area contributed by atoms with E-state index < -0.39 is 10.0 Å². The number of ether oxygens (including phenoxy) is 1. The van der Waals surface area contributed by atoms with Crippen LogP contribution >= 0.6 is 0 Å². The molecule has 1 fully saturated rings. The fourth-order valence-corrected chi connectivity index (χ4v) is 3.17. The summed E-state index contributed by atoms with van der Waals surface area (Å²) < 4.78 is 31.4. The molecule has 1 aliphatic heterocycles. The molecule has 0 unspecified atom stereocenters. The average Bonchev–Trinajstić information content (AvgIpc) is 2.69. The molecule has 2 heterocycles. The molecule has 19 heavy (non-hydrogen) atoms. The third kappa shape index (κ3) is 3.40. The van der Waals surface area contributed by atoms with Gasteiger partial charge in [0.1, 0.15) is 4.90 Å². The summed E-state index contributed by atoms with van der Waals surface area (Å²) in [5, 5.41) is 2.93. The number of hydrogen-bond acceptors (Lipinski definition) is 6. The van der Waals surface area contributed by atoms with E-state index in [9.17, 15) is 8.42 Å². The highest BCUT2D eigenvalue weighted by molar-refractivity contribution is 7.89. The van der Waals surface area contributed by atoms with Crippen LogP contribution in [0.5, 0.6) is 0 Å². The Bertz CT molecular complexity index is 495. The monoisotopic (exact) mass is 286 g/mol. The predicted molar refractivity (Wildman–Crippen MR) is 70.4 cm³/mol. The minimum Gasteiger partial charge on any atom is -0.380 e. The first-order chi connectivity index (χ1) is 9.14. The van der Waals surface area contributed by atoms with Crippen LogP contribution in [0.25, 0.3) is 0 Å². The molecule has 1 N–H and O–H groups in total. The molecule has 8 heteroatoms. The number of nitrogens with zero attached hydrogens (tertiary/aromatic N) is 3. The summed E-state index contributed by atoms with van der Waals surface area (Å²) in [6, 6.07) is 0. The zero-order chi connectivity index (χ0) is 13.7. The Morgan fingerprint density at radius 2 is 2.05 bits per heavy atom. The quantitative estimate of drug-likeness (QED) is 0.858. The second kappa shape index (κ2) is 6.27. The third-order valence-electron chi connectivity index (χ3n) is 2.78. The van der Waals surface area contributed by atoms with Crippen molar-refractivity contribution < 1.29 is 13.2 Å². The van der Waals surface area contributed by atoms with Crippen molar-refractivity contribution in [1.82, 2.24) is 14.3 Å². The normalized spacial score (nSPS) is 17.9.